The standard InChI is InChI=1S/C13H15N5O3/c1-21-13(20)16-12(19)18-6-4-17(5-7-18)11-3-2-10(8-14)9-15-11/h2-3,9H,4-7H2,1H3,(H,16,19,20). The van der Waals surface area contributed by atoms with Gasteiger partial charge in [-0.15, -0.1) is 0 Å². The highest BCUT2D eigenvalue weighted by molar-refractivity contribution is 5.90. The number of nitriles is 1. The summed E-state index contributed by atoms with van der Waals surface area (Å²) in [6.07, 6.45) is 0.752. The number of ether oxygens (including phenoxy) is 1. The maximum atomic E-state index is 11.7. The van der Waals surface area contributed by atoms with Crippen molar-refractivity contribution >= 4 is 17.9 Å². The van der Waals surface area contributed by atoms with Gasteiger partial charge in [0.2, 0.25) is 0 Å². The minimum atomic E-state index is -0.767. The Bertz CT molecular complexity index is 558. The van der Waals surface area contributed by atoms with Gasteiger partial charge in [-0.25, -0.2) is 19.9 Å². The predicted molar refractivity (Wildman–Crippen MR) is 73.7 cm³/mol. The van der Waals surface area contributed by atoms with Crippen LogP contribution in [-0.2, 0) is 4.74 Å². The van der Waals surface area contributed by atoms with Crippen LogP contribution in [0.5, 0.6) is 0 Å². The van der Waals surface area contributed by atoms with Crippen molar-refractivity contribution in [2.45, 2.75) is 0 Å². The number of rotatable bonds is 1. The lowest BCUT2D eigenvalue weighted by Crippen LogP contribution is -2.53. The van der Waals surface area contributed by atoms with Crippen LogP contribution in [-0.4, -0.2) is 55.3 Å². The first-order valence-electron chi connectivity index (χ1n) is 6.39. The number of nitrogens with zero attached hydrogens (tertiary/aromatic N) is 4. The van der Waals surface area contributed by atoms with Crippen molar-refractivity contribution in [2.75, 3.05) is 38.2 Å². The van der Waals surface area contributed by atoms with Crippen LogP contribution in [0.2, 0.25) is 0 Å². The fraction of sp³-hybridized carbons (Fsp3) is 0.385. The molecule has 2 rings (SSSR count). The minimum Gasteiger partial charge on any atom is -0.453 e. The van der Waals surface area contributed by atoms with Gasteiger partial charge in [0.05, 0.1) is 12.7 Å². The van der Waals surface area contributed by atoms with E-state index in [4.69, 9.17) is 5.26 Å². The summed E-state index contributed by atoms with van der Waals surface area (Å²) in [7, 11) is 1.21. The van der Waals surface area contributed by atoms with Crippen molar-refractivity contribution in [3.63, 3.8) is 0 Å². The molecule has 8 nitrogen and oxygen atoms in total. The molecule has 1 fully saturated rings. The van der Waals surface area contributed by atoms with Crippen molar-refractivity contribution < 1.29 is 14.3 Å². The summed E-state index contributed by atoms with van der Waals surface area (Å²) in [5.41, 5.74) is 0.509. The molecule has 0 atom stereocenters. The number of alkyl carbamates (subject to hydrolysis) is 1. The Labute approximate surface area is 121 Å². The van der Waals surface area contributed by atoms with Crippen molar-refractivity contribution in [1.82, 2.24) is 15.2 Å². The van der Waals surface area contributed by atoms with E-state index in [0.29, 0.717) is 31.7 Å². The molecule has 1 aliphatic heterocycles. The molecule has 0 radical (unpaired) electrons. The average molecular weight is 289 g/mol. The zero-order valence-electron chi connectivity index (χ0n) is 11.6. The fourth-order valence-corrected chi connectivity index (χ4v) is 2.00. The number of hydrogen-bond donors (Lipinski definition) is 1. The lowest BCUT2D eigenvalue weighted by molar-refractivity contribution is 0.160. The molecule has 1 aromatic rings. The van der Waals surface area contributed by atoms with Crippen LogP contribution >= 0.6 is 0 Å². The van der Waals surface area contributed by atoms with Gasteiger partial charge in [-0.3, -0.25) is 0 Å². The Morgan fingerprint density at radius 3 is 2.57 bits per heavy atom. The highest BCUT2D eigenvalue weighted by Gasteiger charge is 2.23. The van der Waals surface area contributed by atoms with E-state index in [1.165, 1.54) is 18.2 Å². The zero-order valence-corrected chi connectivity index (χ0v) is 11.6. The van der Waals surface area contributed by atoms with Gasteiger partial charge in [0, 0.05) is 32.4 Å². The van der Waals surface area contributed by atoms with Crippen molar-refractivity contribution in [1.29, 1.82) is 5.26 Å². The van der Waals surface area contributed by atoms with E-state index in [-0.39, 0.29) is 0 Å². The Morgan fingerprint density at radius 1 is 1.33 bits per heavy atom. The molecule has 0 bridgehead atoms. The molecule has 21 heavy (non-hydrogen) atoms. The number of carbonyl (C=O) groups is 2. The van der Waals surface area contributed by atoms with Crippen molar-refractivity contribution in [2.24, 2.45) is 0 Å². The van der Waals surface area contributed by atoms with Crippen LogP contribution in [0.4, 0.5) is 15.4 Å². The van der Waals surface area contributed by atoms with Crippen molar-refractivity contribution in [3.05, 3.63) is 23.9 Å². The minimum absolute atomic E-state index is 0.464. The van der Waals surface area contributed by atoms with E-state index in [2.05, 4.69) is 15.0 Å². The van der Waals surface area contributed by atoms with Crippen LogP contribution < -0.4 is 10.2 Å². The van der Waals surface area contributed by atoms with Gasteiger partial charge < -0.3 is 14.5 Å². The lowest BCUT2D eigenvalue weighted by Gasteiger charge is -2.35. The summed E-state index contributed by atoms with van der Waals surface area (Å²) in [5, 5.41) is 10.9. The van der Waals surface area contributed by atoms with E-state index < -0.39 is 12.1 Å². The molecule has 0 saturated carbocycles. The Kier molecular flexibility index (Phi) is 4.56. The fourth-order valence-electron chi connectivity index (χ4n) is 2.00. The van der Waals surface area contributed by atoms with Gasteiger partial charge in [-0.1, -0.05) is 0 Å². The molecule has 8 heteroatoms. The van der Waals surface area contributed by atoms with E-state index >= 15 is 0 Å². The molecule has 0 aromatic carbocycles. The molecular weight excluding hydrogens is 274 g/mol. The van der Waals surface area contributed by atoms with Gasteiger partial charge in [0.15, 0.2) is 0 Å². The summed E-state index contributed by atoms with van der Waals surface area (Å²) in [6, 6.07) is 5.04. The van der Waals surface area contributed by atoms with E-state index in [1.807, 2.05) is 11.0 Å². The number of piperazine rings is 1. The van der Waals surface area contributed by atoms with E-state index in [0.717, 1.165) is 5.82 Å². The summed E-state index contributed by atoms with van der Waals surface area (Å²) in [4.78, 5) is 30.5. The Morgan fingerprint density at radius 2 is 2.05 bits per heavy atom. The smallest absolute Gasteiger partial charge is 0.415 e. The van der Waals surface area contributed by atoms with Crippen LogP contribution in [0.15, 0.2) is 18.3 Å². The number of urea groups is 1. The third kappa shape index (κ3) is 3.60. The predicted octanol–water partition coefficient (Wildman–Crippen LogP) is 0.551. The number of aromatic nitrogens is 1. The number of methoxy groups -OCH3 is 1. The first kappa shape index (κ1) is 14.6. The number of imide groups is 1. The second-order valence-corrected chi connectivity index (χ2v) is 4.41. The average Bonchev–Trinajstić information content (AvgIpc) is 2.55. The maximum absolute atomic E-state index is 11.7. The molecule has 0 aliphatic carbocycles. The maximum Gasteiger partial charge on any atom is 0.415 e. The lowest BCUT2D eigenvalue weighted by atomic mass is 10.2. The first-order valence-corrected chi connectivity index (χ1v) is 6.39. The Hall–Kier alpha value is -2.82. The van der Waals surface area contributed by atoms with Crippen molar-refractivity contribution in [3.8, 4) is 6.07 Å². The second kappa shape index (κ2) is 6.56. The molecule has 2 heterocycles. The van der Waals surface area contributed by atoms with Gasteiger partial charge in [-0.2, -0.15) is 5.26 Å². The van der Waals surface area contributed by atoms with Crippen LogP contribution in [0, 0.1) is 11.3 Å². The summed E-state index contributed by atoms with van der Waals surface area (Å²) >= 11 is 0. The largest absolute Gasteiger partial charge is 0.453 e. The van der Waals surface area contributed by atoms with Crippen LogP contribution in [0.3, 0.4) is 0 Å². The topological polar surface area (TPSA) is 98.6 Å². The summed E-state index contributed by atoms with van der Waals surface area (Å²) in [5.74, 6) is 0.766. The molecule has 1 saturated heterocycles. The number of pyridine rings is 1. The van der Waals surface area contributed by atoms with Gasteiger partial charge in [0.1, 0.15) is 11.9 Å². The van der Waals surface area contributed by atoms with Gasteiger partial charge in [0.25, 0.3) is 0 Å². The Balaban J connectivity index is 1.89. The number of carbonyl (C=O) groups excluding carboxylic acids is 2. The summed E-state index contributed by atoms with van der Waals surface area (Å²) in [6.45, 7) is 2.16. The number of anilines is 1. The van der Waals surface area contributed by atoms with E-state index in [1.54, 1.807) is 12.1 Å². The van der Waals surface area contributed by atoms with Crippen LogP contribution in [0.1, 0.15) is 5.56 Å². The molecule has 1 aliphatic rings. The normalized spacial score (nSPS) is 14.3. The molecule has 0 spiro atoms. The first-order chi connectivity index (χ1) is 10.1. The SMILES string of the molecule is COC(=O)NC(=O)N1CCN(c2ccc(C#N)cn2)CC1. The summed E-state index contributed by atoms with van der Waals surface area (Å²) < 4.78 is 4.38. The molecule has 0 unspecified atom stereocenters. The molecule has 1 N–H and O–H groups in total. The number of hydrogen-bond acceptors (Lipinski definition) is 6. The molecule has 110 valence electrons. The van der Waals surface area contributed by atoms with E-state index in [9.17, 15) is 9.59 Å². The van der Waals surface area contributed by atoms with Gasteiger partial charge in [-0.05, 0) is 12.1 Å². The monoisotopic (exact) mass is 289 g/mol. The van der Waals surface area contributed by atoms with Crippen LogP contribution in [0.25, 0.3) is 0 Å². The molecule has 1 aromatic heterocycles. The third-order valence-electron chi connectivity index (χ3n) is 3.16. The third-order valence-corrected chi connectivity index (χ3v) is 3.16. The highest BCUT2D eigenvalue weighted by atomic mass is 16.5. The molecule has 3 amide bonds. The quantitative estimate of drug-likeness (QED) is 0.810. The zero-order chi connectivity index (χ0) is 15.2. The van der Waals surface area contributed by atoms with Gasteiger partial charge >= 0.3 is 12.1 Å². The number of nitrogens with one attached hydrogen (secondary N) is 1. The highest BCUT2D eigenvalue weighted by Crippen LogP contribution is 2.13. The molecular formula is C13H15N5O3. The number of amides is 3. The second-order valence-electron chi connectivity index (χ2n) is 4.41.